The Morgan fingerprint density at radius 1 is 1.18 bits per heavy atom. The minimum atomic E-state index is -0.160. The molecule has 0 bridgehead atoms. The molecule has 0 saturated carbocycles. The van der Waals surface area contributed by atoms with Gasteiger partial charge < -0.3 is 5.32 Å². The Hall–Kier alpha value is -2.58. The van der Waals surface area contributed by atoms with Crippen molar-refractivity contribution in [2.24, 2.45) is 0 Å². The van der Waals surface area contributed by atoms with Crippen LogP contribution in [0.1, 0.15) is 31.0 Å². The standard InChI is InChI=1S/C20H20N4O2S2/c1-2-13-5-7-14(8-6-13)16-12-27-19(22-16)23-17(25)10-15-11-28-20(21-15)24-9-3-4-18(24)26/h5-8,11-12H,2-4,9-10H2,1H3,(H,22,23,25). The number of benzene rings is 1. The summed E-state index contributed by atoms with van der Waals surface area (Å²) < 4.78 is 0. The number of hydrogen-bond acceptors (Lipinski definition) is 6. The average Bonchev–Trinajstić information content (AvgIpc) is 3.43. The van der Waals surface area contributed by atoms with Crippen molar-refractivity contribution in [2.45, 2.75) is 32.6 Å². The number of amides is 2. The fourth-order valence-corrected chi connectivity index (χ4v) is 4.66. The first kappa shape index (κ1) is 18.8. The van der Waals surface area contributed by atoms with Crippen LogP contribution in [-0.4, -0.2) is 28.3 Å². The first-order valence-corrected chi connectivity index (χ1v) is 11.0. The van der Waals surface area contributed by atoms with Crippen LogP contribution in [0.25, 0.3) is 11.3 Å². The lowest BCUT2D eigenvalue weighted by Gasteiger charge is -2.10. The third-order valence-corrected chi connectivity index (χ3v) is 6.26. The molecule has 1 aliphatic rings. The van der Waals surface area contributed by atoms with E-state index in [4.69, 9.17) is 0 Å². The molecule has 6 nitrogen and oxygen atoms in total. The van der Waals surface area contributed by atoms with Gasteiger partial charge in [-0.25, -0.2) is 9.97 Å². The molecule has 0 unspecified atom stereocenters. The molecule has 28 heavy (non-hydrogen) atoms. The molecule has 0 radical (unpaired) electrons. The van der Waals surface area contributed by atoms with Gasteiger partial charge in [-0.05, 0) is 18.4 Å². The molecule has 144 valence electrons. The quantitative estimate of drug-likeness (QED) is 0.660. The van der Waals surface area contributed by atoms with Crippen LogP contribution < -0.4 is 10.2 Å². The second kappa shape index (κ2) is 8.20. The van der Waals surface area contributed by atoms with Crippen LogP contribution in [0.5, 0.6) is 0 Å². The van der Waals surface area contributed by atoms with Crippen LogP contribution in [0.4, 0.5) is 10.3 Å². The van der Waals surface area contributed by atoms with E-state index >= 15 is 0 Å². The number of rotatable bonds is 6. The highest BCUT2D eigenvalue weighted by Crippen LogP contribution is 2.27. The van der Waals surface area contributed by atoms with Crippen LogP contribution in [0.15, 0.2) is 35.0 Å². The van der Waals surface area contributed by atoms with Gasteiger partial charge in [-0.3, -0.25) is 14.5 Å². The summed E-state index contributed by atoms with van der Waals surface area (Å²) in [7, 11) is 0. The predicted molar refractivity (Wildman–Crippen MR) is 113 cm³/mol. The molecule has 2 amide bonds. The average molecular weight is 413 g/mol. The lowest BCUT2D eigenvalue weighted by atomic mass is 10.1. The summed E-state index contributed by atoms with van der Waals surface area (Å²) in [4.78, 5) is 34.8. The van der Waals surface area contributed by atoms with E-state index in [2.05, 4.69) is 46.5 Å². The second-order valence-corrected chi connectivity index (χ2v) is 8.28. The van der Waals surface area contributed by atoms with Crippen LogP contribution >= 0.6 is 22.7 Å². The van der Waals surface area contributed by atoms with E-state index in [1.54, 1.807) is 4.90 Å². The highest BCUT2D eigenvalue weighted by Gasteiger charge is 2.24. The summed E-state index contributed by atoms with van der Waals surface area (Å²) >= 11 is 2.81. The first-order valence-electron chi connectivity index (χ1n) is 9.22. The third kappa shape index (κ3) is 4.13. The van der Waals surface area contributed by atoms with Crippen molar-refractivity contribution in [3.63, 3.8) is 0 Å². The molecule has 1 aliphatic heterocycles. The van der Waals surface area contributed by atoms with Crippen LogP contribution in [0.2, 0.25) is 0 Å². The van der Waals surface area contributed by atoms with Gasteiger partial charge in [0, 0.05) is 29.3 Å². The zero-order chi connectivity index (χ0) is 19.5. The molecule has 4 rings (SSSR count). The minimum absolute atomic E-state index is 0.104. The minimum Gasteiger partial charge on any atom is -0.302 e. The van der Waals surface area contributed by atoms with Crippen molar-refractivity contribution >= 4 is 44.8 Å². The van der Waals surface area contributed by atoms with Crippen molar-refractivity contribution in [1.29, 1.82) is 0 Å². The molecule has 0 aliphatic carbocycles. The number of aromatic nitrogens is 2. The fraction of sp³-hybridized carbons (Fsp3) is 0.300. The topological polar surface area (TPSA) is 75.2 Å². The van der Waals surface area contributed by atoms with E-state index in [0.717, 1.165) is 24.1 Å². The van der Waals surface area contributed by atoms with Crippen LogP contribution in [-0.2, 0) is 22.4 Å². The number of carbonyl (C=O) groups excluding carboxylic acids is 2. The number of nitrogens with zero attached hydrogens (tertiary/aromatic N) is 3. The van der Waals surface area contributed by atoms with Gasteiger partial charge in [0.15, 0.2) is 10.3 Å². The Morgan fingerprint density at radius 3 is 2.71 bits per heavy atom. The highest BCUT2D eigenvalue weighted by atomic mass is 32.1. The molecular formula is C20H20N4O2S2. The predicted octanol–water partition coefficient (Wildman–Crippen LogP) is 4.14. The zero-order valence-corrected chi connectivity index (χ0v) is 17.1. The molecule has 1 saturated heterocycles. The zero-order valence-electron chi connectivity index (χ0n) is 15.5. The summed E-state index contributed by atoms with van der Waals surface area (Å²) in [6, 6.07) is 8.29. The van der Waals surface area contributed by atoms with Gasteiger partial charge in [-0.1, -0.05) is 31.2 Å². The van der Waals surface area contributed by atoms with Crippen molar-refractivity contribution in [1.82, 2.24) is 9.97 Å². The number of thiazole rings is 2. The molecule has 2 aromatic heterocycles. The molecule has 0 spiro atoms. The lowest BCUT2D eigenvalue weighted by Crippen LogP contribution is -2.23. The highest BCUT2D eigenvalue weighted by molar-refractivity contribution is 7.14. The van der Waals surface area contributed by atoms with Crippen molar-refractivity contribution < 1.29 is 9.59 Å². The molecule has 3 heterocycles. The van der Waals surface area contributed by atoms with Gasteiger partial charge in [0.25, 0.3) is 0 Å². The number of anilines is 2. The number of hydrogen-bond donors (Lipinski definition) is 1. The Balaban J connectivity index is 1.37. The molecule has 0 atom stereocenters. The SMILES string of the molecule is CCc1ccc(-c2csc(NC(=O)Cc3csc(N4CCCC4=O)n3)n2)cc1. The maximum Gasteiger partial charge on any atom is 0.232 e. The molecular weight excluding hydrogens is 392 g/mol. The van der Waals surface area contributed by atoms with E-state index in [1.807, 2.05) is 10.8 Å². The van der Waals surface area contributed by atoms with Crippen molar-refractivity contribution in [3.05, 3.63) is 46.3 Å². The second-order valence-electron chi connectivity index (χ2n) is 6.58. The Labute approximate surface area is 171 Å². The summed E-state index contributed by atoms with van der Waals surface area (Å²) in [6.07, 6.45) is 2.60. The fourth-order valence-electron chi connectivity index (χ4n) is 3.05. The van der Waals surface area contributed by atoms with Crippen molar-refractivity contribution in [3.8, 4) is 11.3 Å². The molecule has 1 N–H and O–H groups in total. The molecule has 3 aromatic rings. The normalized spacial score (nSPS) is 13.9. The smallest absolute Gasteiger partial charge is 0.232 e. The van der Waals surface area contributed by atoms with Gasteiger partial charge in [-0.15, -0.1) is 22.7 Å². The Bertz CT molecular complexity index is 994. The van der Waals surface area contributed by atoms with E-state index in [-0.39, 0.29) is 18.2 Å². The van der Waals surface area contributed by atoms with Crippen LogP contribution in [0.3, 0.4) is 0 Å². The van der Waals surface area contributed by atoms with Crippen LogP contribution in [0, 0.1) is 0 Å². The molecule has 1 fully saturated rings. The van der Waals surface area contributed by atoms with Gasteiger partial charge in [0.05, 0.1) is 17.8 Å². The Morgan fingerprint density at radius 2 is 2.00 bits per heavy atom. The van der Waals surface area contributed by atoms with Gasteiger partial charge >= 0.3 is 0 Å². The van der Waals surface area contributed by atoms with Gasteiger partial charge in [0.2, 0.25) is 11.8 Å². The maximum atomic E-state index is 12.3. The van der Waals surface area contributed by atoms with Crippen molar-refractivity contribution in [2.75, 3.05) is 16.8 Å². The molecule has 8 heteroatoms. The third-order valence-electron chi connectivity index (χ3n) is 4.59. The van der Waals surface area contributed by atoms with E-state index in [9.17, 15) is 9.59 Å². The first-order chi connectivity index (χ1) is 13.6. The van der Waals surface area contributed by atoms with E-state index < -0.39 is 0 Å². The van der Waals surface area contributed by atoms with Gasteiger partial charge in [-0.2, -0.15) is 0 Å². The monoisotopic (exact) mass is 412 g/mol. The largest absolute Gasteiger partial charge is 0.302 e. The molecule has 1 aromatic carbocycles. The van der Waals surface area contributed by atoms with E-state index in [0.29, 0.717) is 28.9 Å². The summed E-state index contributed by atoms with van der Waals surface area (Å²) in [5.41, 5.74) is 3.84. The number of aryl methyl sites for hydroxylation is 1. The lowest BCUT2D eigenvalue weighted by molar-refractivity contribution is -0.117. The summed E-state index contributed by atoms with van der Waals surface area (Å²) in [6.45, 7) is 2.83. The summed E-state index contributed by atoms with van der Waals surface area (Å²) in [5.74, 6) is -0.0561. The maximum absolute atomic E-state index is 12.3. The number of nitrogens with one attached hydrogen (secondary N) is 1. The van der Waals surface area contributed by atoms with Gasteiger partial charge in [0.1, 0.15) is 0 Å². The summed E-state index contributed by atoms with van der Waals surface area (Å²) in [5, 5.41) is 7.87. The van der Waals surface area contributed by atoms with E-state index in [1.165, 1.54) is 28.2 Å². The number of carbonyl (C=O) groups is 2. The Kier molecular flexibility index (Phi) is 5.50.